The van der Waals surface area contributed by atoms with Gasteiger partial charge in [0.15, 0.2) is 10.7 Å². The summed E-state index contributed by atoms with van der Waals surface area (Å²) in [7, 11) is 0. The highest BCUT2D eigenvalue weighted by atomic mass is 32.1. The number of amides is 1. The first-order chi connectivity index (χ1) is 11.2. The number of benzene rings is 2. The lowest BCUT2D eigenvalue weighted by molar-refractivity contribution is -0.115. The van der Waals surface area contributed by atoms with Crippen molar-refractivity contribution >= 4 is 43.6 Å². The van der Waals surface area contributed by atoms with E-state index in [1.807, 2.05) is 18.2 Å². The summed E-state index contributed by atoms with van der Waals surface area (Å²) >= 11 is 1.23. The lowest BCUT2D eigenvalue weighted by Crippen LogP contribution is -2.14. The number of para-hydroxylation sites is 1. The molecule has 5 nitrogen and oxygen atoms in total. The molecule has 4 aromatic rings. The monoisotopic (exact) mass is 327 g/mol. The van der Waals surface area contributed by atoms with E-state index in [4.69, 9.17) is 4.52 Å². The molecule has 0 saturated heterocycles. The summed E-state index contributed by atoms with van der Waals surface area (Å²) in [5, 5.41) is 7.89. The number of rotatable bonds is 3. The molecule has 4 rings (SSSR count). The van der Waals surface area contributed by atoms with Crippen LogP contribution in [-0.4, -0.2) is 16.0 Å². The molecule has 2 aromatic carbocycles. The fourth-order valence-electron chi connectivity index (χ4n) is 2.33. The fraction of sp³-hybridized carbons (Fsp3) is 0.0625. The fourth-order valence-corrected chi connectivity index (χ4v) is 3.24. The topological polar surface area (TPSA) is 68.0 Å². The summed E-state index contributed by atoms with van der Waals surface area (Å²) in [5.41, 5.74) is 1.87. The highest BCUT2D eigenvalue weighted by Crippen LogP contribution is 2.26. The molecule has 23 heavy (non-hydrogen) atoms. The number of thiazole rings is 1. The second kappa shape index (κ2) is 5.44. The quantitative estimate of drug-likeness (QED) is 0.622. The number of hydrogen-bond donors (Lipinski definition) is 1. The molecule has 0 unspecified atom stereocenters. The van der Waals surface area contributed by atoms with Gasteiger partial charge < -0.3 is 9.84 Å². The normalized spacial score (nSPS) is 11.2. The third kappa shape index (κ3) is 2.66. The Balaban J connectivity index is 1.54. The third-order valence-electron chi connectivity index (χ3n) is 3.38. The molecule has 2 heterocycles. The van der Waals surface area contributed by atoms with Crippen LogP contribution in [0.5, 0.6) is 0 Å². The van der Waals surface area contributed by atoms with E-state index in [1.165, 1.54) is 23.5 Å². The molecule has 114 valence electrons. The van der Waals surface area contributed by atoms with E-state index in [0.29, 0.717) is 26.6 Å². The zero-order valence-corrected chi connectivity index (χ0v) is 12.6. The molecule has 0 fully saturated rings. The minimum Gasteiger partial charge on any atom is -0.356 e. The summed E-state index contributed by atoms with van der Waals surface area (Å²) < 4.78 is 19.0. The maximum atomic E-state index is 13.2. The Morgan fingerprint density at radius 2 is 2.13 bits per heavy atom. The van der Waals surface area contributed by atoms with Crippen LogP contribution in [0.25, 0.3) is 21.2 Å². The second-order valence-electron chi connectivity index (χ2n) is 4.98. The van der Waals surface area contributed by atoms with E-state index in [0.717, 1.165) is 5.39 Å². The van der Waals surface area contributed by atoms with E-state index < -0.39 is 0 Å². The van der Waals surface area contributed by atoms with Crippen molar-refractivity contribution in [2.24, 2.45) is 0 Å². The minimum atomic E-state index is -0.326. The SMILES string of the molecule is O=C(Cc1noc2ccccc12)Nc1nc2ccc(F)cc2s1. The maximum absolute atomic E-state index is 13.2. The van der Waals surface area contributed by atoms with Crippen LogP contribution in [0, 0.1) is 5.82 Å². The summed E-state index contributed by atoms with van der Waals surface area (Å²) in [6.07, 6.45) is 0.0846. The smallest absolute Gasteiger partial charge is 0.232 e. The van der Waals surface area contributed by atoms with Crippen LogP contribution in [0.2, 0.25) is 0 Å². The van der Waals surface area contributed by atoms with Gasteiger partial charge in [-0.1, -0.05) is 28.6 Å². The van der Waals surface area contributed by atoms with Gasteiger partial charge in [0.25, 0.3) is 0 Å². The zero-order valence-electron chi connectivity index (χ0n) is 11.7. The van der Waals surface area contributed by atoms with Crippen LogP contribution in [-0.2, 0) is 11.2 Å². The molecule has 0 aliphatic carbocycles. The van der Waals surface area contributed by atoms with Crippen molar-refractivity contribution in [3.8, 4) is 0 Å². The van der Waals surface area contributed by atoms with E-state index in [9.17, 15) is 9.18 Å². The van der Waals surface area contributed by atoms with Gasteiger partial charge in [0.1, 0.15) is 11.5 Å². The number of carbonyl (C=O) groups excluding carboxylic acids is 1. The maximum Gasteiger partial charge on any atom is 0.232 e. The van der Waals surface area contributed by atoms with Gasteiger partial charge >= 0.3 is 0 Å². The predicted octanol–water partition coefficient (Wildman–Crippen LogP) is 3.76. The Bertz CT molecular complexity index is 1020. The molecule has 0 atom stereocenters. The Morgan fingerprint density at radius 3 is 3.04 bits per heavy atom. The van der Waals surface area contributed by atoms with Crippen molar-refractivity contribution in [2.75, 3.05) is 5.32 Å². The number of nitrogens with one attached hydrogen (secondary N) is 1. The van der Waals surface area contributed by atoms with Gasteiger partial charge in [-0.25, -0.2) is 9.37 Å². The predicted molar refractivity (Wildman–Crippen MR) is 85.9 cm³/mol. The Morgan fingerprint density at radius 1 is 1.26 bits per heavy atom. The highest BCUT2D eigenvalue weighted by molar-refractivity contribution is 7.22. The van der Waals surface area contributed by atoms with Crippen LogP contribution in [0.1, 0.15) is 5.69 Å². The number of halogens is 1. The van der Waals surface area contributed by atoms with Crippen molar-refractivity contribution in [2.45, 2.75) is 6.42 Å². The number of aromatic nitrogens is 2. The van der Waals surface area contributed by atoms with Gasteiger partial charge in [0.05, 0.1) is 16.6 Å². The number of carbonyl (C=O) groups is 1. The first-order valence-corrected chi connectivity index (χ1v) is 7.70. The van der Waals surface area contributed by atoms with Gasteiger partial charge in [-0.3, -0.25) is 4.79 Å². The van der Waals surface area contributed by atoms with Crippen molar-refractivity contribution in [3.05, 3.63) is 54.0 Å². The van der Waals surface area contributed by atoms with Gasteiger partial charge in [-0.05, 0) is 30.3 Å². The molecular formula is C16H10FN3O2S. The van der Waals surface area contributed by atoms with Gasteiger partial charge in [0, 0.05) is 5.39 Å². The second-order valence-corrected chi connectivity index (χ2v) is 6.01. The van der Waals surface area contributed by atoms with Gasteiger partial charge in [-0.15, -0.1) is 0 Å². The van der Waals surface area contributed by atoms with Crippen molar-refractivity contribution < 1.29 is 13.7 Å². The first-order valence-electron chi connectivity index (χ1n) is 6.88. The Hall–Kier alpha value is -2.80. The average Bonchev–Trinajstić information content (AvgIpc) is 3.11. The van der Waals surface area contributed by atoms with Gasteiger partial charge in [0.2, 0.25) is 5.91 Å². The summed E-state index contributed by atoms with van der Waals surface area (Å²) in [4.78, 5) is 16.4. The zero-order chi connectivity index (χ0) is 15.8. The molecule has 2 aromatic heterocycles. The number of nitrogens with zero attached hydrogens (tertiary/aromatic N) is 2. The molecular weight excluding hydrogens is 317 g/mol. The van der Waals surface area contributed by atoms with E-state index in [2.05, 4.69) is 15.5 Å². The highest BCUT2D eigenvalue weighted by Gasteiger charge is 2.14. The molecule has 1 amide bonds. The van der Waals surface area contributed by atoms with Crippen LogP contribution >= 0.6 is 11.3 Å². The molecule has 0 bridgehead atoms. The molecule has 0 radical (unpaired) electrons. The Kier molecular flexibility index (Phi) is 3.27. The standard InChI is InChI=1S/C16H10FN3O2S/c17-9-5-6-11-14(7-9)23-16(18-11)19-15(21)8-12-10-3-1-2-4-13(10)22-20-12/h1-7H,8H2,(H,18,19,21). The van der Waals surface area contributed by atoms with Crippen LogP contribution in [0.3, 0.4) is 0 Å². The number of hydrogen-bond acceptors (Lipinski definition) is 5. The Labute approximate surface area is 133 Å². The van der Waals surface area contributed by atoms with Crippen LogP contribution < -0.4 is 5.32 Å². The van der Waals surface area contributed by atoms with E-state index in [-0.39, 0.29) is 18.1 Å². The lowest BCUT2D eigenvalue weighted by Gasteiger charge is -1.98. The molecule has 0 saturated carbocycles. The number of anilines is 1. The number of fused-ring (bicyclic) bond motifs is 2. The third-order valence-corrected chi connectivity index (χ3v) is 4.31. The molecule has 0 aliphatic heterocycles. The summed E-state index contributed by atoms with van der Waals surface area (Å²) in [6, 6.07) is 11.7. The van der Waals surface area contributed by atoms with Crippen molar-refractivity contribution in [3.63, 3.8) is 0 Å². The first kappa shape index (κ1) is 13.8. The average molecular weight is 327 g/mol. The molecule has 0 spiro atoms. The summed E-state index contributed by atoms with van der Waals surface area (Å²) in [6.45, 7) is 0. The molecule has 0 aliphatic rings. The van der Waals surface area contributed by atoms with Crippen molar-refractivity contribution in [1.82, 2.24) is 10.1 Å². The molecule has 1 N–H and O–H groups in total. The largest absolute Gasteiger partial charge is 0.356 e. The van der Waals surface area contributed by atoms with Gasteiger partial charge in [-0.2, -0.15) is 0 Å². The van der Waals surface area contributed by atoms with Crippen LogP contribution in [0.15, 0.2) is 47.0 Å². The van der Waals surface area contributed by atoms with E-state index >= 15 is 0 Å². The van der Waals surface area contributed by atoms with Crippen LogP contribution in [0.4, 0.5) is 9.52 Å². The van der Waals surface area contributed by atoms with E-state index in [1.54, 1.807) is 12.1 Å². The van der Waals surface area contributed by atoms with Crippen molar-refractivity contribution in [1.29, 1.82) is 0 Å². The lowest BCUT2D eigenvalue weighted by atomic mass is 10.2. The molecule has 7 heteroatoms. The minimum absolute atomic E-state index is 0.0846. The summed E-state index contributed by atoms with van der Waals surface area (Å²) in [5.74, 6) is -0.573.